The van der Waals surface area contributed by atoms with Crippen molar-refractivity contribution < 1.29 is 0 Å². The van der Waals surface area contributed by atoms with E-state index < -0.39 is 0 Å². The van der Waals surface area contributed by atoms with Gasteiger partial charge in [0.05, 0.1) is 0 Å². The fourth-order valence-corrected chi connectivity index (χ4v) is 5.51. The number of unbranched alkanes of at least 4 members (excludes halogenated alkanes) is 13. The van der Waals surface area contributed by atoms with Gasteiger partial charge in [-0.1, -0.05) is 137 Å². The lowest BCUT2D eigenvalue weighted by atomic mass is 9.77. The molecule has 1 heteroatoms. The maximum atomic E-state index is 3.39. The van der Waals surface area contributed by atoms with Crippen LogP contribution < -0.4 is 0 Å². The fourth-order valence-electron chi connectivity index (χ4n) is 4.77. The average Bonchev–Trinajstić information content (AvgIpc) is 2.71. The molecule has 0 aromatic rings. The first-order valence-corrected chi connectivity index (χ1v) is 14.0. The van der Waals surface area contributed by atoms with Crippen molar-refractivity contribution in [2.24, 2.45) is 5.92 Å². The Labute approximate surface area is 183 Å². The number of rotatable bonds is 22. The lowest BCUT2D eigenvalue weighted by Crippen LogP contribution is -2.32. The zero-order valence-corrected chi connectivity index (χ0v) is 21.7. The van der Waals surface area contributed by atoms with Crippen LogP contribution in [0, 0.1) is 5.92 Å². The van der Waals surface area contributed by atoms with Gasteiger partial charge >= 0.3 is 0 Å². The molecule has 0 saturated carbocycles. The van der Waals surface area contributed by atoms with Crippen molar-refractivity contribution in [2.45, 2.75) is 168 Å². The van der Waals surface area contributed by atoms with E-state index in [0.29, 0.717) is 5.16 Å². The SMILES string of the molecule is CCCCCCCCCCCCCC(CCCC)C(P)(CCCC)CCCC. The topological polar surface area (TPSA) is 0 Å². The summed E-state index contributed by atoms with van der Waals surface area (Å²) in [6.07, 6.45) is 30.2. The van der Waals surface area contributed by atoms with Gasteiger partial charge in [-0.25, -0.2) is 0 Å². The van der Waals surface area contributed by atoms with Crippen LogP contribution in [-0.2, 0) is 0 Å². The Morgan fingerprint density at radius 1 is 0.464 bits per heavy atom. The van der Waals surface area contributed by atoms with Crippen molar-refractivity contribution in [2.75, 3.05) is 0 Å². The van der Waals surface area contributed by atoms with Crippen molar-refractivity contribution in [3.63, 3.8) is 0 Å². The summed E-state index contributed by atoms with van der Waals surface area (Å²) in [5.74, 6) is 0.939. The van der Waals surface area contributed by atoms with Crippen LogP contribution in [0.2, 0.25) is 0 Å². The molecule has 28 heavy (non-hydrogen) atoms. The molecule has 0 aromatic heterocycles. The Balaban J connectivity index is 4.14. The molecular weight excluding hydrogens is 355 g/mol. The predicted molar refractivity (Wildman–Crippen MR) is 136 cm³/mol. The molecular formula is C27H57P. The third-order valence-corrected chi connectivity index (χ3v) is 7.92. The van der Waals surface area contributed by atoms with Gasteiger partial charge < -0.3 is 0 Å². The molecule has 0 aliphatic carbocycles. The van der Waals surface area contributed by atoms with E-state index in [-0.39, 0.29) is 0 Å². The highest BCUT2D eigenvalue weighted by atomic mass is 31.0. The zero-order chi connectivity index (χ0) is 20.9. The summed E-state index contributed by atoms with van der Waals surface area (Å²) < 4.78 is 0. The van der Waals surface area contributed by atoms with Gasteiger partial charge in [0.2, 0.25) is 0 Å². The first-order valence-electron chi connectivity index (χ1n) is 13.4. The van der Waals surface area contributed by atoms with Gasteiger partial charge in [-0.05, 0) is 36.8 Å². The molecule has 0 fully saturated rings. The van der Waals surface area contributed by atoms with Crippen molar-refractivity contribution >= 4 is 9.24 Å². The van der Waals surface area contributed by atoms with Crippen LogP contribution in [0.3, 0.4) is 0 Å². The van der Waals surface area contributed by atoms with Crippen LogP contribution in [0.4, 0.5) is 0 Å². The van der Waals surface area contributed by atoms with Crippen LogP contribution in [0.15, 0.2) is 0 Å². The molecule has 0 saturated heterocycles. The fraction of sp³-hybridized carbons (Fsp3) is 1.00. The minimum Gasteiger partial charge on any atom is -0.131 e. The van der Waals surface area contributed by atoms with E-state index in [2.05, 4.69) is 36.9 Å². The summed E-state index contributed by atoms with van der Waals surface area (Å²) >= 11 is 0. The Bertz CT molecular complexity index is 291. The zero-order valence-electron chi connectivity index (χ0n) is 20.5. The monoisotopic (exact) mass is 412 g/mol. The van der Waals surface area contributed by atoms with Crippen molar-refractivity contribution in [3.05, 3.63) is 0 Å². The van der Waals surface area contributed by atoms with E-state index in [9.17, 15) is 0 Å². The quantitative estimate of drug-likeness (QED) is 0.122. The average molecular weight is 413 g/mol. The summed E-state index contributed by atoms with van der Waals surface area (Å²) in [5.41, 5.74) is 0. The lowest BCUT2D eigenvalue weighted by molar-refractivity contribution is 0.274. The van der Waals surface area contributed by atoms with Gasteiger partial charge in [0, 0.05) is 0 Å². The molecule has 0 amide bonds. The highest BCUT2D eigenvalue weighted by molar-refractivity contribution is 7.19. The molecule has 170 valence electrons. The van der Waals surface area contributed by atoms with Crippen LogP contribution in [-0.4, -0.2) is 5.16 Å². The maximum absolute atomic E-state index is 3.39. The summed E-state index contributed by atoms with van der Waals surface area (Å²) in [6, 6.07) is 0. The second-order valence-corrected chi connectivity index (χ2v) is 10.8. The van der Waals surface area contributed by atoms with E-state index in [1.807, 2.05) is 0 Å². The summed E-state index contributed by atoms with van der Waals surface area (Å²) in [4.78, 5) is 0. The van der Waals surface area contributed by atoms with Crippen LogP contribution in [0.5, 0.6) is 0 Å². The summed E-state index contributed by atoms with van der Waals surface area (Å²) in [6.45, 7) is 9.38. The lowest BCUT2D eigenvalue weighted by Gasteiger charge is -2.39. The molecule has 0 spiro atoms. The van der Waals surface area contributed by atoms with E-state index in [1.165, 1.54) is 135 Å². The standard InChI is InChI=1S/C27H57P/c1-5-9-13-14-15-16-17-18-19-20-21-23-26(22-10-6-2)27(28,24-11-7-3)25-12-8-4/h26H,5-25,28H2,1-4H3. The second-order valence-electron chi connectivity index (χ2n) is 9.60. The molecule has 0 heterocycles. The van der Waals surface area contributed by atoms with Crippen LogP contribution in [0.1, 0.15) is 163 Å². The van der Waals surface area contributed by atoms with E-state index in [0.717, 1.165) is 5.92 Å². The minimum absolute atomic E-state index is 0.527. The van der Waals surface area contributed by atoms with Gasteiger partial charge in [0.1, 0.15) is 0 Å². The van der Waals surface area contributed by atoms with Gasteiger partial charge in [0.25, 0.3) is 0 Å². The predicted octanol–water partition coefficient (Wildman–Crippen LogP) is 10.5. The molecule has 2 unspecified atom stereocenters. The number of hydrogen-bond donors (Lipinski definition) is 0. The van der Waals surface area contributed by atoms with Gasteiger partial charge in [0.15, 0.2) is 0 Å². The molecule has 0 aliphatic rings. The highest BCUT2D eigenvalue weighted by Gasteiger charge is 2.32. The Kier molecular flexibility index (Phi) is 21.0. The van der Waals surface area contributed by atoms with E-state index in [4.69, 9.17) is 0 Å². The third kappa shape index (κ3) is 15.3. The van der Waals surface area contributed by atoms with Gasteiger partial charge in [-0.3, -0.25) is 0 Å². The van der Waals surface area contributed by atoms with Crippen LogP contribution in [0.25, 0.3) is 0 Å². The first-order chi connectivity index (χ1) is 13.6. The molecule has 0 aromatic carbocycles. The molecule has 0 N–H and O–H groups in total. The van der Waals surface area contributed by atoms with Crippen LogP contribution >= 0.6 is 9.24 Å². The molecule has 0 radical (unpaired) electrons. The molecule has 2 atom stereocenters. The van der Waals surface area contributed by atoms with E-state index >= 15 is 0 Å². The normalized spacial score (nSPS) is 13.2. The van der Waals surface area contributed by atoms with Crippen molar-refractivity contribution in [3.8, 4) is 0 Å². The van der Waals surface area contributed by atoms with Gasteiger partial charge in [-0.2, -0.15) is 0 Å². The smallest absolute Gasteiger partial charge is 0.0122 e. The maximum Gasteiger partial charge on any atom is -0.0122 e. The largest absolute Gasteiger partial charge is 0.131 e. The number of hydrogen-bond acceptors (Lipinski definition) is 0. The minimum atomic E-state index is 0.527. The molecule has 0 bridgehead atoms. The van der Waals surface area contributed by atoms with Crippen molar-refractivity contribution in [1.82, 2.24) is 0 Å². The summed E-state index contributed by atoms with van der Waals surface area (Å²) in [7, 11) is 3.39. The summed E-state index contributed by atoms with van der Waals surface area (Å²) in [5, 5.41) is 0.527. The van der Waals surface area contributed by atoms with Crippen molar-refractivity contribution in [1.29, 1.82) is 0 Å². The molecule has 0 aliphatic heterocycles. The molecule has 0 rings (SSSR count). The highest BCUT2D eigenvalue weighted by Crippen LogP contribution is 2.43. The third-order valence-electron chi connectivity index (χ3n) is 6.87. The molecule has 0 nitrogen and oxygen atoms in total. The van der Waals surface area contributed by atoms with E-state index in [1.54, 1.807) is 0 Å². The second kappa shape index (κ2) is 20.7. The Hall–Kier alpha value is 0.430. The Morgan fingerprint density at radius 3 is 1.25 bits per heavy atom. The Morgan fingerprint density at radius 2 is 0.821 bits per heavy atom. The first kappa shape index (κ1) is 28.4. The van der Waals surface area contributed by atoms with Gasteiger partial charge in [-0.15, -0.1) is 9.24 Å².